The zero-order chi connectivity index (χ0) is 10.6. The van der Waals surface area contributed by atoms with Crippen molar-refractivity contribution in [2.45, 2.75) is 32.7 Å². The Morgan fingerprint density at radius 3 is 2.71 bits per heavy atom. The second kappa shape index (κ2) is 5.52. The van der Waals surface area contributed by atoms with Crippen molar-refractivity contribution in [2.75, 3.05) is 26.7 Å². The van der Waals surface area contributed by atoms with E-state index in [1.54, 1.807) is 0 Å². The highest BCUT2D eigenvalue weighted by molar-refractivity contribution is 4.91. The van der Waals surface area contributed by atoms with Gasteiger partial charge in [0.25, 0.3) is 0 Å². The molecule has 0 saturated heterocycles. The standard InChI is InChI=1S/C12H24N2/c1-10(2)8-14(4)9-11(3)7-13-12-5-6-12/h11-13H,1,5-9H2,2-4H3. The predicted octanol–water partition coefficient (Wildman–Crippen LogP) is 1.88. The minimum absolute atomic E-state index is 0.736. The lowest BCUT2D eigenvalue weighted by atomic mass is 10.1. The zero-order valence-corrected chi connectivity index (χ0v) is 9.84. The van der Waals surface area contributed by atoms with Gasteiger partial charge in [-0.2, -0.15) is 0 Å². The molecule has 0 aromatic heterocycles. The van der Waals surface area contributed by atoms with Crippen LogP contribution in [0.3, 0.4) is 0 Å². The minimum Gasteiger partial charge on any atom is -0.314 e. The van der Waals surface area contributed by atoms with Crippen LogP contribution < -0.4 is 5.32 Å². The fraction of sp³-hybridized carbons (Fsp3) is 0.833. The molecule has 2 nitrogen and oxygen atoms in total. The molecular weight excluding hydrogens is 172 g/mol. The maximum atomic E-state index is 3.93. The van der Waals surface area contributed by atoms with Crippen LogP contribution in [0.1, 0.15) is 26.7 Å². The van der Waals surface area contributed by atoms with E-state index in [-0.39, 0.29) is 0 Å². The molecule has 1 saturated carbocycles. The number of rotatable bonds is 7. The summed E-state index contributed by atoms with van der Waals surface area (Å²) in [6.07, 6.45) is 2.77. The third kappa shape index (κ3) is 5.40. The molecule has 0 aromatic rings. The fourth-order valence-corrected chi connectivity index (χ4v) is 1.78. The van der Waals surface area contributed by atoms with Gasteiger partial charge in [-0.1, -0.05) is 19.1 Å². The Hall–Kier alpha value is -0.340. The molecule has 1 atom stereocenters. The van der Waals surface area contributed by atoms with Gasteiger partial charge in [0.1, 0.15) is 0 Å². The molecule has 1 aliphatic rings. The first-order valence-corrected chi connectivity index (χ1v) is 5.64. The van der Waals surface area contributed by atoms with Crippen molar-refractivity contribution in [3.05, 3.63) is 12.2 Å². The Morgan fingerprint density at radius 1 is 1.57 bits per heavy atom. The SMILES string of the molecule is C=C(C)CN(C)CC(C)CNC1CC1. The molecule has 0 aliphatic heterocycles. The van der Waals surface area contributed by atoms with Gasteiger partial charge in [0, 0.05) is 19.1 Å². The normalized spacial score (nSPS) is 18.6. The summed E-state index contributed by atoms with van der Waals surface area (Å²) in [6.45, 7) is 11.7. The van der Waals surface area contributed by atoms with Crippen molar-refractivity contribution in [1.82, 2.24) is 10.2 Å². The predicted molar refractivity (Wildman–Crippen MR) is 62.5 cm³/mol. The summed E-state index contributed by atoms with van der Waals surface area (Å²) in [4.78, 5) is 2.35. The molecule has 1 rings (SSSR count). The van der Waals surface area contributed by atoms with Crippen LogP contribution in [0, 0.1) is 5.92 Å². The molecule has 1 fully saturated rings. The minimum atomic E-state index is 0.736. The van der Waals surface area contributed by atoms with Gasteiger partial charge in [0.05, 0.1) is 0 Å². The highest BCUT2D eigenvalue weighted by Gasteiger charge is 2.20. The summed E-state index contributed by atoms with van der Waals surface area (Å²) in [5.74, 6) is 0.736. The van der Waals surface area contributed by atoms with Gasteiger partial charge < -0.3 is 10.2 Å². The van der Waals surface area contributed by atoms with Gasteiger partial charge in [-0.05, 0) is 39.3 Å². The van der Waals surface area contributed by atoms with Crippen LogP contribution >= 0.6 is 0 Å². The number of nitrogens with one attached hydrogen (secondary N) is 1. The first kappa shape index (κ1) is 11.7. The van der Waals surface area contributed by atoms with Crippen molar-refractivity contribution in [2.24, 2.45) is 5.92 Å². The van der Waals surface area contributed by atoms with Gasteiger partial charge in [-0.25, -0.2) is 0 Å². The van der Waals surface area contributed by atoms with Gasteiger partial charge in [-0.3, -0.25) is 0 Å². The van der Waals surface area contributed by atoms with E-state index in [0.29, 0.717) is 0 Å². The Bertz CT molecular complexity index is 185. The van der Waals surface area contributed by atoms with Crippen LogP contribution in [0.25, 0.3) is 0 Å². The second-order valence-electron chi connectivity index (χ2n) is 4.94. The highest BCUT2D eigenvalue weighted by Crippen LogP contribution is 2.18. The van der Waals surface area contributed by atoms with Crippen LogP contribution in [0.15, 0.2) is 12.2 Å². The summed E-state index contributed by atoms with van der Waals surface area (Å²) in [5.41, 5.74) is 1.25. The molecule has 2 heteroatoms. The number of hydrogen-bond acceptors (Lipinski definition) is 2. The van der Waals surface area contributed by atoms with E-state index >= 15 is 0 Å². The lowest BCUT2D eigenvalue weighted by Crippen LogP contribution is -2.32. The van der Waals surface area contributed by atoms with E-state index in [4.69, 9.17) is 0 Å². The molecule has 0 aromatic carbocycles. The van der Waals surface area contributed by atoms with Gasteiger partial charge in [0.2, 0.25) is 0 Å². The van der Waals surface area contributed by atoms with Crippen LogP contribution in [-0.4, -0.2) is 37.6 Å². The van der Waals surface area contributed by atoms with E-state index in [1.165, 1.54) is 18.4 Å². The lowest BCUT2D eigenvalue weighted by Gasteiger charge is -2.21. The molecule has 14 heavy (non-hydrogen) atoms. The summed E-state index contributed by atoms with van der Waals surface area (Å²) in [5, 5.41) is 3.57. The molecule has 0 heterocycles. The number of hydrogen-bond donors (Lipinski definition) is 1. The number of nitrogens with zero attached hydrogens (tertiary/aromatic N) is 1. The molecule has 1 aliphatic carbocycles. The van der Waals surface area contributed by atoms with Crippen LogP contribution in [0.4, 0.5) is 0 Å². The van der Waals surface area contributed by atoms with Crippen LogP contribution in [0.2, 0.25) is 0 Å². The van der Waals surface area contributed by atoms with Gasteiger partial charge in [-0.15, -0.1) is 0 Å². The number of likely N-dealkylation sites (N-methyl/N-ethyl adjacent to an activating group) is 1. The molecular formula is C12H24N2. The Kier molecular flexibility index (Phi) is 4.63. The average Bonchev–Trinajstić information content (AvgIpc) is 2.81. The van der Waals surface area contributed by atoms with E-state index in [0.717, 1.165) is 31.6 Å². The van der Waals surface area contributed by atoms with Gasteiger partial charge in [0.15, 0.2) is 0 Å². The molecule has 0 amide bonds. The molecule has 1 N–H and O–H groups in total. The van der Waals surface area contributed by atoms with Crippen molar-refractivity contribution in [3.63, 3.8) is 0 Å². The Balaban J connectivity index is 2.04. The zero-order valence-electron chi connectivity index (χ0n) is 9.84. The van der Waals surface area contributed by atoms with Gasteiger partial charge >= 0.3 is 0 Å². The summed E-state index contributed by atoms with van der Waals surface area (Å²) < 4.78 is 0. The van der Waals surface area contributed by atoms with E-state index < -0.39 is 0 Å². The fourth-order valence-electron chi connectivity index (χ4n) is 1.78. The van der Waals surface area contributed by atoms with Crippen molar-refractivity contribution < 1.29 is 0 Å². The van der Waals surface area contributed by atoms with E-state index in [2.05, 4.69) is 37.7 Å². The smallest absolute Gasteiger partial charge is 0.0184 e. The molecule has 1 unspecified atom stereocenters. The van der Waals surface area contributed by atoms with Crippen molar-refractivity contribution in [3.8, 4) is 0 Å². The quantitative estimate of drug-likeness (QED) is 0.625. The van der Waals surface area contributed by atoms with Crippen molar-refractivity contribution >= 4 is 0 Å². The van der Waals surface area contributed by atoms with Crippen LogP contribution in [0.5, 0.6) is 0 Å². The molecule has 0 bridgehead atoms. The lowest BCUT2D eigenvalue weighted by molar-refractivity contribution is 0.300. The molecule has 0 spiro atoms. The summed E-state index contributed by atoms with van der Waals surface area (Å²) in [7, 11) is 2.17. The Morgan fingerprint density at radius 2 is 2.21 bits per heavy atom. The second-order valence-corrected chi connectivity index (χ2v) is 4.94. The average molecular weight is 196 g/mol. The van der Waals surface area contributed by atoms with Crippen molar-refractivity contribution in [1.29, 1.82) is 0 Å². The first-order valence-electron chi connectivity index (χ1n) is 5.64. The maximum Gasteiger partial charge on any atom is 0.0184 e. The topological polar surface area (TPSA) is 15.3 Å². The Labute approximate surface area is 88.4 Å². The third-order valence-electron chi connectivity index (χ3n) is 2.50. The van der Waals surface area contributed by atoms with E-state index in [1.807, 2.05) is 0 Å². The summed E-state index contributed by atoms with van der Waals surface area (Å²) in [6, 6.07) is 0.837. The monoisotopic (exact) mass is 196 g/mol. The summed E-state index contributed by atoms with van der Waals surface area (Å²) >= 11 is 0. The van der Waals surface area contributed by atoms with Crippen LogP contribution in [-0.2, 0) is 0 Å². The first-order chi connectivity index (χ1) is 6.58. The third-order valence-corrected chi connectivity index (χ3v) is 2.50. The van der Waals surface area contributed by atoms with E-state index in [9.17, 15) is 0 Å². The largest absolute Gasteiger partial charge is 0.314 e. The molecule has 82 valence electrons. The molecule has 0 radical (unpaired) electrons. The highest BCUT2D eigenvalue weighted by atomic mass is 15.1. The maximum absolute atomic E-state index is 3.93.